The molecule has 1 amide bonds. The van der Waals surface area contributed by atoms with Gasteiger partial charge in [-0.05, 0) is 37.1 Å². The first-order chi connectivity index (χ1) is 14.6. The maximum atomic E-state index is 13.7. The van der Waals surface area contributed by atoms with Crippen LogP contribution in [0.3, 0.4) is 0 Å². The number of rotatable bonds is 6. The summed E-state index contributed by atoms with van der Waals surface area (Å²) in [5.41, 5.74) is 1.18. The van der Waals surface area contributed by atoms with Crippen molar-refractivity contribution < 1.29 is 13.2 Å². The minimum atomic E-state index is -4.18. The highest BCUT2D eigenvalue weighted by molar-refractivity contribution is 7.91. The number of benzene rings is 2. The number of para-hydroxylation sites is 2. The van der Waals surface area contributed by atoms with Crippen LogP contribution in [0, 0.1) is 5.92 Å². The van der Waals surface area contributed by atoms with Crippen molar-refractivity contribution in [3.63, 3.8) is 0 Å². The molecule has 0 aliphatic heterocycles. The molecule has 1 fully saturated rings. The molecule has 2 aromatic carbocycles. The van der Waals surface area contributed by atoms with Crippen molar-refractivity contribution in [2.24, 2.45) is 5.92 Å². The number of sulfonamides is 1. The Morgan fingerprint density at radius 3 is 1.97 bits per heavy atom. The Kier molecular flexibility index (Phi) is 6.15. The summed E-state index contributed by atoms with van der Waals surface area (Å²) in [5.74, 6) is -0.735. The number of thiazole rings is 1. The number of hydrogen-bond acceptors (Lipinski definition) is 6. The second kappa shape index (κ2) is 8.97. The maximum absolute atomic E-state index is 13.7. The van der Waals surface area contributed by atoms with Crippen LogP contribution in [0.25, 0.3) is 0 Å². The fourth-order valence-corrected chi connectivity index (χ4v) is 6.10. The van der Waals surface area contributed by atoms with E-state index in [1.54, 1.807) is 29.6 Å². The second-order valence-corrected chi connectivity index (χ2v) is 10.0. The van der Waals surface area contributed by atoms with Crippen LogP contribution >= 0.6 is 11.3 Å². The molecule has 4 rings (SSSR count). The number of amides is 1. The first-order valence-electron chi connectivity index (χ1n) is 9.98. The maximum Gasteiger partial charge on any atom is 0.312 e. The zero-order valence-corrected chi connectivity index (χ0v) is 18.1. The van der Waals surface area contributed by atoms with Crippen molar-refractivity contribution >= 4 is 38.6 Å². The Bertz CT molecular complexity index is 1030. The van der Waals surface area contributed by atoms with E-state index in [2.05, 4.69) is 4.98 Å². The highest BCUT2D eigenvalue weighted by Crippen LogP contribution is 2.35. The number of nitrogens with zero attached hydrogens (tertiary/aromatic N) is 3. The summed E-state index contributed by atoms with van der Waals surface area (Å²) in [4.78, 5) is 17.7. The predicted molar refractivity (Wildman–Crippen MR) is 118 cm³/mol. The standard InChI is InChI=1S/C22H23N3O3S2/c26-21(18-10-4-1-5-11-18)25(30(27,28)22-23-16-17-29-22)24(19-12-6-2-7-13-19)20-14-8-3-9-15-20/h2-3,6-9,12-18H,1,4-5,10-11H2. The molecule has 1 aliphatic rings. The van der Waals surface area contributed by atoms with E-state index in [-0.39, 0.29) is 10.3 Å². The summed E-state index contributed by atoms with van der Waals surface area (Å²) in [6.45, 7) is 0. The summed E-state index contributed by atoms with van der Waals surface area (Å²) in [6, 6.07) is 18.2. The van der Waals surface area contributed by atoms with Gasteiger partial charge in [-0.25, -0.2) is 9.99 Å². The molecular formula is C22H23N3O3S2. The molecule has 0 saturated heterocycles. The van der Waals surface area contributed by atoms with Crippen molar-refractivity contribution in [1.29, 1.82) is 0 Å². The summed E-state index contributed by atoms with van der Waals surface area (Å²) < 4.78 is 28.2. The van der Waals surface area contributed by atoms with Crippen LogP contribution in [-0.2, 0) is 14.8 Å². The second-order valence-electron chi connectivity index (χ2n) is 7.20. The molecule has 1 saturated carbocycles. The molecule has 3 aromatic rings. The highest BCUT2D eigenvalue weighted by atomic mass is 32.2. The van der Waals surface area contributed by atoms with E-state index in [1.165, 1.54) is 11.2 Å². The summed E-state index contributed by atoms with van der Waals surface area (Å²) >= 11 is 1.01. The lowest BCUT2D eigenvalue weighted by molar-refractivity contribution is -0.131. The Labute approximate surface area is 180 Å². The van der Waals surface area contributed by atoms with E-state index in [0.29, 0.717) is 24.2 Å². The zero-order chi connectivity index (χ0) is 21.0. The smallest absolute Gasteiger partial charge is 0.272 e. The molecule has 0 bridgehead atoms. The Morgan fingerprint density at radius 2 is 1.47 bits per heavy atom. The minimum absolute atomic E-state index is 0.0940. The molecule has 8 heteroatoms. The van der Waals surface area contributed by atoms with Crippen LogP contribution in [0.15, 0.2) is 76.6 Å². The van der Waals surface area contributed by atoms with Crippen molar-refractivity contribution in [2.45, 2.75) is 36.4 Å². The van der Waals surface area contributed by atoms with E-state index in [0.717, 1.165) is 35.0 Å². The largest absolute Gasteiger partial charge is 0.312 e. The number of anilines is 2. The summed E-state index contributed by atoms with van der Waals surface area (Å²) in [7, 11) is -4.18. The van der Waals surface area contributed by atoms with Gasteiger partial charge in [-0.15, -0.1) is 15.8 Å². The van der Waals surface area contributed by atoms with E-state index >= 15 is 0 Å². The lowest BCUT2D eigenvalue weighted by atomic mass is 9.89. The van der Waals surface area contributed by atoms with E-state index in [4.69, 9.17) is 0 Å². The van der Waals surface area contributed by atoms with Crippen molar-refractivity contribution in [3.05, 3.63) is 72.2 Å². The highest BCUT2D eigenvalue weighted by Gasteiger charge is 2.41. The monoisotopic (exact) mass is 441 g/mol. The Hall–Kier alpha value is -2.71. The molecule has 1 aliphatic carbocycles. The van der Waals surface area contributed by atoms with Crippen molar-refractivity contribution in [2.75, 3.05) is 5.01 Å². The molecule has 0 unspecified atom stereocenters. The third-order valence-electron chi connectivity index (χ3n) is 5.18. The van der Waals surface area contributed by atoms with Crippen molar-refractivity contribution in [3.8, 4) is 0 Å². The van der Waals surface area contributed by atoms with E-state index < -0.39 is 15.9 Å². The topological polar surface area (TPSA) is 70.6 Å². The molecule has 0 radical (unpaired) electrons. The number of aromatic nitrogens is 1. The molecule has 0 spiro atoms. The van der Waals surface area contributed by atoms with Gasteiger partial charge in [0.25, 0.3) is 5.91 Å². The minimum Gasteiger partial charge on any atom is -0.272 e. The fraction of sp³-hybridized carbons (Fsp3) is 0.273. The van der Waals surface area contributed by atoms with Crippen LogP contribution in [0.1, 0.15) is 32.1 Å². The first-order valence-corrected chi connectivity index (χ1v) is 12.3. The van der Waals surface area contributed by atoms with Crippen LogP contribution < -0.4 is 5.01 Å². The number of carbonyl (C=O) groups excluding carboxylic acids is 1. The van der Waals surface area contributed by atoms with E-state index in [1.807, 2.05) is 36.4 Å². The molecule has 30 heavy (non-hydrogen) atoms. The predicted octanol–water partition coefficient (Wildman–Crippen LogP) is 4.99. The molecule has 1 heterocycles. The van der Waals surface area contributed by atoms with Gasteiger partial charge in [-0.2, -0.15) is 8.42 Å². The van der Waals surface area contributed by atoms with Gasteiger partial charge < -0.3 is 0 Å². The number of hydrogen-bond donors (Lipinski definition) is 0. The molecule has 156 valence electrons. The van der Waals surface area contributed by atoms with Gasteiger partial charge in [0.15, 0.2) is 0 Å². The third kappa shape index (κ3) is 4.11. The molecule has 0 atom stereocenters. The van der Waals surface area contributed by atoms with Gasteiger partial charge >= 0.3 is 10.0 Å². The van der Waals surface area contributed by atoms with E-state index in [9.17, 15) is 13.2 Å². The molecule has 6 nitrogen and oxygen atoms in total. The van der Waals surface area contributed by atoms with Gasteiger partial charge in [0, 0.05) is 17.5 Å². The van der Waals surface area contributed by atoms with Crippen LogP contribution in [0.2, 0.25) is 0 Å². The fourth-order valence-electron chi connectivity index (χ4n) is 3.74. The van der Waals surface area contributed by atoms with Gasteiger partial charge in [-0.3, -0.25) is 4.79 Å². The van der Waals surface area contributed by atoms with Crippen molar-refractivity contribution in [1.82, 2.24) is 9.40 Å². The van der Waals surface area contributed by atoms with Gasteiger partial charge in [-0.1, -0.05) is 55.7 Å². The Balaban J connectivity index is 1.88. The molecule has 0 N–H and O–H groups in total. The number of hydrazine groups is 1. The molecule has 1 aromatic heterocycles. The average molecular weight is 442 g/mol. The van der Waals surface area contributed by atoms with Crippen LogP contribution in [0.5, 0.6) is 0 Å². The van der Waals surface area contributed by atoms with Crippen LogP contribution in [0.4, 0.5) is 11.4 Å². The van der Waals surface area contributed by atoms with Gasteiger partial charge in [0.05, 0.1) is 11.4 Å². The molecular weight excluding hydrogens is 418 g/mol. The summed E-state index contributed by atoms with van der Waals surface area (Å²) in [6.07, 6.45) is 5.76. The quantitative estimate of drug-likeness (QED) is 0.504. The number of carbonyl (C=O) groups is 1. The van der Waals surface area contributed by atoms with Gasteiger partial charge in [0.2, 0.25) is 4.34 Å². The average Bonchev–Trinajstić information content (AvgIpc) is 3.35. The Morgan fingerprint density at radius 1 is 0.900 bits per heavy atom. The normalized spacial score (nSPS) is 14.9. The lowest BCUT2D eigenvalue weighted by Crippen LogP contribution is -2.50. The summed E-state index contributed by atoms with van der Waals surface area (Å²) in [5, 5.41) is 3.10. The first kappa shape index (κ1) is 20.6. The third-order valence-corrected chi connectivity index (χ3v) is 8.01. The van der Waals surface area contributed by atoms with Crippen LogP contribution in [-0.4, -0.2) is 23.7 Å². The van der Waals surface area contributed by atoms with Gasteiger partial charge in [0.1, 0.15) is 0 Å². The SMILES string of the molecule is O=C(C1CCCCC1)N(N(c1ccccc1)c1ccccc1)S(=O)(=O)c1nccs1. The lowest BCUT2D eigenvalue weighted by Gasteiger charge is -2.37. The zero-order valence-electron chi connectivity index (χ0n) is 16.4.